The van der Waals surface area contributed by atoms with E-state index < -0.39 is 0 Å². The summed E-state index contributed by atoms with van der Waals surface area (Å²) in [5, 5.41) is 12.0. The molecule has 1 heterocycles. The van der Waals surface area contributed by atoms with E-state index in [9.17, 15) is 0 Å². The van der Waals surface area contributed by atoms with Gasteiger partial charge in [0, 0.05) is 0 Å². The van der Waals surface area contributed by atoms with Gasteiger partial charge < -0.3 is 5.73 Å². The number of benzene rings is 1. The lowest BCUT2D eigenvalue weighted by atomic mass is 9.82. The summed E-state index contributed by atoms with van der Waals surface area (Å²) < 4.78 is 1.77. The maximum Gasteiger partial charge on any atom is 0.176 e. The highest BCUT2D eigenvalue weighted by Gasteiger charge is 2.35. The molecule has 1 aliphatic carbocycles. The molecule has 2 N–H and O–H groups in total. The van der Waals surface area contributed by atoms with Gasteiger partial charge in [0.2, 0.25) is 0 Å². The first-order valence-electron chi connectivity index (χ1n) is 6.43. The van der Waals surface area contributed by atoms with Crippen LogP contribution < -0.4 is 5.73 Å². The minimum Gasteiger partial charge on any atom is -0.319 e. The maximum atomic E-state index is 6.50. The smallest absolute Gasteiger partial charge is 0.176 e. The Kier molecular flexibility index (Phi) is 2.83. The molecule has 1 aromatic heterocycles. The highest BCUT2D eigenvalue weighted by atomic mass is 15.5. The molecule has 0 radical (unpaired) electrons. The molecule has 0 saturated heterocycles. The van der Waals surface area contributed by atoms with Gasteiger partial charge in [-0.3, -0.25) is 0 Å². The van der Waals surface area contributed by atoms with Crippen molar-refractivity contribution in [1.29, 1.82) is 0 Å². The Labute approximate surface area is 106 Å². The number of para-hydroxylation sites is 1. The molecule has 94 valence electrons. The molecule has 0 amide bonds. The second-order valence-corrected chi connectivity index (χ2v) is 4.97. The zero-order chi connectivity index (χ0) is 12.4. The van der Waals surface area contributed by atoms with Crippen molar-refractivity contribution < 1.29 is 0 Å². The molecule has 1 fully saturated rings. The zero-order valence-electron chi connectivity index (χ0n) is 10.3. The van der Waals surface area contributed by atoms with Crippen LogP contribution in [0.4, 0.5) is 0 Å². The van der Waals surface area contributed by atoms with Gasteiger partial charge in [-0.2, -0.15) is 4.68 Å². The number of nitrogens with zero attached hydrogens (tertiary/aromatic N) is 4. The molecule has 18 heavy (non-hydrogen) atoms. The highest BCUT2D eigenvalue weighted by Crippen LogP contribution is 2.33. The summed E-state index contributed by atoms with van der Waals surface area (Å²) in [5.41, 5.74) is 7.09. The average molecular weight is 243 g/mol. The van der Waals surface area contributed by atoms with E-state index >= 15 is 0 Å². The minimum absolute atomic E-state index is 0.377. The van der Waals surface area contributed by atoms with E-state index in [1.54, 1.807) is 4.68 Å². The predicted octanol–water partition coefficient (Wildman–Crippen LogP) is 1.78. The molecule has 0 unspecified atom stereocenters. The van der Waals surface area contributed by atoms with Crippen molar-refractivity contribution in [3.63, 3.8) is 0 Å². The molecule has 0 atom stereocenters. The van der Waals surface area contributed by atoms with Gasteiger partial charge in [0.1, 0.15) is 0 Å². The van der Waals surface area contributed by atoms with E-state index in [2.05, 4.69) is 15.5 Å². The summed E-state index contributed by atoms with van der Waals surface area (Å²) in [6, 6.07) is 9.92. The van der Waals surface area contributed by atoms with Crippen LogP contribution in [0.25, 0.3) is 5.69 Å². The van der Waals surface area contributed by atoms with Crippen molar-refractivity contribution >= 4 is 0 Å². The van der Waals surface area contributed by atoms with Gasteiger partial charge in [-0.1, -0.05) is 37.5 Å². The van der Waals surface area contributed by atoms with Crippen LogP contribution in [0.1, 0.15) is 37.9 Å². The summed E-state index contributed by atoms with van der Waals surface area (Å²) in [6.07, 6.45) is 5.47. The number of aromatic nitrogens is 4. The first-order valence-corrected chi connectivity index (χ1v) is 6.43. The van der Waals surface area contributed by atoms with Gasteiger partial charge in [-0.05, 0) is 35.4 Å². The summed E-state index contributed by atoms with van der Waals surface area (Å²) >= 11 is 0. The standard InChI is InChI=1S/C13H17N5/c14-13(9-5-2-6-10-13)12-15-16-17-18(12)11-7-3-1-4-8-11/h1,3-4,7-8H,2,5-6,9-10,14H2. The van der Waals surface area contributed by atoms with Gasteiger partial charge in [0.05, 0.1) is 11.2 Å². The number of nitrogens with two attached hydrogens (primary N) is 1. The monoisotopic (exact) mass is 243 g/mol. The molecule has 0 aliphatic heterocycles. The van der Waals surface area contributed by atoms with Gasteiger partial charge in [-0.25, -0.2) is 0 Å². The first-order chi connectivity index (χ1) is 8.80. The molecule has 1 aliphatic rings. The van der Waals surface area contributed by atoms with Crippen LogP contribution >= 0.6 is 0 Å². The molecule has 1 saturated carbocycles. The van der Waals surface area contributed by atoms with Gasteiger partial charge >= 0.3 is 0 Å². The van der Waals surface area contributed by atoms with Crippen LogP contribution in [-0.2, 0) is 5.54 Å². The molecule has 5 heteroatoms. The summed E-state index contributed by atoms with van der Waals surface area (Å²) in [7, 11) is 0. The van der Waals surface area contributed by atoms with Crippen LogP contribution in [0, 0.1) is 0 Å². The van der Waals surface area contributed by atoms with Crippen LogP contribution in [0.2, 0.25) is 0 Å². The van der Waals surface area contributed by atoms with Crippen LogP contribution in [0.5, 0.6) is 0 Å². The SMILES string of the molecule is NC1(c2nnnn2-c2ccccc2)CCCCC1. The van der Waals surface area contributed by atoms with Crippen molar-refractivity contribution in [1.82, 2.24) is 20.2 Å². The third-order valence-electron chi connectivity index (χ3n) is 3.66. The van der Waals surface area contributed by atoms with Crippen molar-refractivity contribution in [3.05, 3.63) is 36.2 Å². The quantitative estimate of drug-likeness (QED) is 0.872. The lowest BCUT2D eigenvalue weighted by molar-refractivity contribution is 0.282. The summed E-state index contributed by atoms with van der Waals surface area (Å²) in [5.74, 6) is 0.786. The average Bonchev–Trinajstić information content (AvgIpc) is 2.91. The Hall–Kier alpha value is -1.75. The maximum absolute atomic E-state index is 6.50. The number of hydrogen-bond donors (Lipinski definition) is 1. The molecule has 0 spiro atoms. The number of rotatable bonds is 2. The van der Waals surface area contributed by atoms with Crippen LogP contribution in [-0.4, -0.2) is 20.2 Å². The second-order valence-electron chi connectivity index (χ2n) is 4.97. The fourth-order valence-electron chi connectivity index (χ4n) is 2.65. The number of hydrogen-bond acceptors (Lipinski definition) is 4. The Bertz CT molecular complexity index is 513. The Morgan fingerprint density at radius 1 is 1.06 bits per heavy atom. The van der Waals surface area contributed by atoms with Gasteiger partial charge in [-0.15, -0.1) is 5.10 Å². The van der Waals surface area contributed by atoms with E-state index in [1.165, 1.54) is 6.42 Å². The van der Waals surface area contributed by atoms with E-state index in [0.717, 1.165) is 37.2 Å². The van der Waals surface area contributed by atoms with Crippen LogP contribution in [0.3, 0.4) is 0 Å². The number of tetrazole rings is 1. The molecular weight excluding hydrogens is 226 g/mol. The molecule has 3 rings (SSSR count). The normalized spacial score (nSPS) is 18.7. The van der Waals surface area contributed by atoms with Crippen LogP contribution in [0.15, 0.2) is 30.3 Å². The zero-order valence-corrected chi connectivity index (χ0v) is 10.3. The predicted molar refractivity (Wildman–Crippen MR) is 68.1 cm³/mol. The van der Waals surface area contributed by atoms with E-state index in [1.807, 2.05) is 30.3 Å². The molecule has 1 aromatic carbocycles. The largest absolute Gasteiger partial charge is 0.319 e. The topological polar surface area (TPSA) is 69.6 Å². The molecule has 5 nitrogen and oxygen atoms in total. The molecular formula is C13H17N5. The first kappa shape index (κ1) is 11.3. The molecule has 0 bridgehead atoms. The third kappa shape index (κ3) is 1.90. The second kappa shape index (κ2) is 4.49. The fourth-order valence-corrected chi connectivity index (χ4v) is 2.65. The Morgan fingerprint density at radius 2 is 1.78 bits per heavy atom. The summed E-state index contributed by atoms with van der Waals surface area (Å²) in [6.45, 7) is 0. The van der Waals surface area contributed by atoms with Crippen molar-refractivity contribution in [2.75, 3.05) is 0 Å². The van der Waals surface area contributed by atoms with E-state index in [-0.39, 0.29) is 5.54 Å². The minimum atomic E-state index is -0.377. The van der Waals surface area contributed by atoms with E-state index in [0.29, 0.717) is 0 Å². The lowest BCUT2D eigenvalue weighted by Crippen LogP contribution is -2.41. The lowest BCUT2D eigenvalue weighted by Gasteiger charge is -2.31. The highest BCUT2D eigenvalue weighted by molar-refractivity contribution is 5.31. The fraction of sp³-hybridized carbons (Fsp3) is 0.462. The van der Waals surface area contributed by atoms with Crippen molar-refractivity contribution in [2.24, 2.45) is 5.73 Å². The Morgan fingerprint density at radius 3 is 2.50 bits per heavy atom. The molecule has 2 aromatic rings. The van der Waals surface area contributed by atoms with Gasteiger partial charge in [0.15, 0.2) is 5.82 Å². The van der Waals surface area contributed by atoms with Crippen molar-refractivity contribution in [3.8, 4) is 5.69 Å². The van der Waals surface area contributed by atoms with E-state index in [4.69, 9.17) is 5.73 Å². The van der Waals surface area contributed by atoms with Crippen molar-refractivity contribution in [2.45, 2.75) is 37.6 Å². The third-order valence-corrected chi connectivity index (χ3v) is 3.66. The van der Waals surface area contributed by atoms with Gasteiger partial charge in [0.25, 0.3) is 0 Å². The Balaban J connectivity index is 2.01. The summed E-state index contributed by atoms with van der Waals surface area (Å²) in [4.78, 5) is 0.